The summed E-state index contributed by atoms with van der Waals surface area (Å²) in [4.78, 5) is 43.8. The molecule has 0 spiro atoms. The summed E-state index contributed by atoms with van der Waals surface area (Å²) in [5, 5.41) is 2.81. The Hall–Kier alpha value is -3.35. The van der Waals surface area contributed by atoms with E-state index in [0.717, 1.165) is 34.8 Å². The van der Waals surface area contributed by atoms with Gasteiger partial charge in [0.2, 0.25) is 5.91 Å². The summed E-state index contributed by atoms with van der Waals surface area (Å²) in [7, 11) is 1.72. The lowest BCUT2D eigenvalue weighted by Crippen LogP contribution is -2.45. The van der Waals surface area contributed by atoms with Crippen molar-refractivity contribution in [3.8, 4) is 0 Å². The molecule has 7 nitrogen and oxygen atoms in total. The summed E-state index contributed by atoms with van der Waals surface area (Å²) in [6.45, 7) is 3.96. The van der Waals surface area contributed by atoms with Gasteiger partial charge in [0.1, 0.15) is 12.1 Å². The van der Waals surface area contributed by atoms with Crippen LogP contribution < -0.4 is 10.2 Å². The number of amides is 4. The molecule has 2 fully saturated rings. The summed E-state index contributed by atoms with van der Waals surface area (Å²) in [5.74, 6) is -0.604. The quantitative estimate of drug-likeness (QED) is 0.609. The third kappa shape index (κ3) is 5.24. The Kier molecular flexibility index (Phi) is 7.20. The number of nitrogens with zero attached hydrogens (tertiary/aromatic N) is 3. The summed E-state index contributed by atoms with van der Waals surface area (Å²) in [5.41, 5.74) is 2.33. The molecule has 4 amide bonds. The summed E-state index contributed by atoms with van der Waals surface area (Å²) in [6, 6.07) is 17.5. The molecule has 1 atom stereocenters. The van der Waals surface area contributed by atoms with Crippen LogP contribution in [0.5, 0.6) is 0 Å². The number of carbonyl (C=O) groups is 3. The zero-order valence-electron chi connectivity index (χ0n) is 20.1. The lowest BCUT2D eigenvalue weighted by atomic mass is 9.93. The number of benzene rings is 2. The highest BCUT2D eigenvalue weighted by atomic mass is 16.2. The molecule has 2 aromatic rings. The molecule has 2 aliphatic rings. The molecule has 0 aliphatic carbocycles. The number of rotatable bonds is 8. The summed E-state index contributed by atoms with van der Waals surface area (Å²) >= 11 is 0. The largest absolute Gasteiger partial charge is 0.371 e. The third-order valence-electron chi connectivity index (χ3n) is 6.92. The lowest BCUT2D eigenvalue weighted by molar-refractivity contribution is -0.138. The maximum Gasteiger partial charge on any atom is 0.325 e. The Morgan fingerprint density at radius 1 is 1.00 bits per heavy atom. The number of nitrogens with one attached hydrogen (secondary N) is 1. The maximum absolute atomic E-state index is 13.1. The van der Waals surface area contributed by atoms with E-state index in [1.807, 2.05) is 48.5 Å². The molecule has 2 aromatic carbocycles. The third-order valence-corrected chi connectivity index (χ3v) is 6.92. The van der Waals surface area contributed by atoms with Crippen LogP contribution in [0.3, 0.4) is 0 Å². The highest BCUT2D eigenvalue weighted by Crippen LogP contribution is 2.26. The van der Waals surface area contributed by atoms with E-state index < -0.39 is 11.6 Å². The number of para-hydroxylation sites is 1. The molecule has 34 heavy (non-hydrogen) atoms. The molecular formula is C27H34N4O3. The second-order valence-corrected chi connectivity index (χ2v) is 9.57. The molecule has 1 N–H and O–H groups in total. The maximum atomic E-state index is 13.1. The molecule has 7 heteroatoms. The van der Waals surface area contributed by atoms with Crippen LogP contribution in [0.1, 0.15) is 43.7 Å². The highest BCUT2D eigenvalue weighted by molar-refractivity contribution is 6.08. The number of anilines is 1. The van der Waals surface area contributed by atoms with Gasteiger partial charge in [-0.15, -0.1) is 0 Å². The monoisotopic (exact) mass is 462 g/mol. The standard InChI is InChI=1S/C27H34N4O3/c1-27(16-15-21-11-5-3-6-12-21)25(33)31(26(34)28-27)20-24(32)29(2)19-22-13-7-8-14-23(22)30-17-9-4-10-18-30/h3,5-8,11-14H,4,9-10,15-20H2,1-2H3,(H,28,34)/t27-/m0/s1. The molecule has 2 heterocycles. The van der Waals surface area contributed by atoms with Crippen LogP contribution in [0, 0.1) is 0 Å². The van der Waals surface area contributed by atoms with Crippen molar-refractivity contribution in [2.75, 3.05) is 31.6 Å². The average molecular weight is 463 g/mol. The van der Waals surface area contributed by atoms with E-state index >= 15 is 0 Å². The van der Waals surface area contributed by atoms with Crippen LogP contribution in [0.4, 0.5) is 10.5 Å². The number of carbonyl (C=O) groups excluding carboxylic acids is 3. The second kappa shape index (κ2) is 10.3. The van der Waals surface area contributed by atoms with E-state index in [9.17, 15) is 14.4 Å². The number of hydrogen-bond donors (Lipinski definition) is 1. The van der Waals surface area contributed by atoms with Gasteiger partial charge in [0.15, 0.2) is 0 Å². The Balaban J connectivity index is 1.38. The fourth-order valence-corrected chi connectivity index (χ4v) is 4.79. The Morgan fingerprint density at radius 2 is 1.68 bits per heavy atom. The van der Waals surface area contributed by atoms with Crippen LogP contribution in [0.25, 0.3) is 0 Å². The predicted octanol–water partition coefficient (Wildman–Crippen LogP) is 3.58. The van der Waals surface area contributed by atoms with Gasteiger partial charge in [-0.3, -0.25) is 14.5 Å². The van der Waals surface area contributed by atoms with Crippen molar-refractivity contribution in [2.24, 2.45) is 0 Å². The van der Waals surface area contributed by atoms with Crippen LogP contribution in [0.15, 0.2) is 54.6 Å². The van der Waals surface area contributed by atoms with Crippen molar-refractivity contribution in [3.05, 3.63) is 65.7 Å². The van der Waals surface area contributed by atoms with Gasteiger partial charge in [-0.05, 0) is 56.2 Å². The molecule has 0 unspecified atom stereocenters. The molecule has 2 saturated heterocycles. The Bertz CT molecular complexity index is 1040. The molecule has 180 valence electrons. The fourth-order valence-electron chi connectivity index (χ4n) is 4.79. The van der Waals surface area contributed by atoms with Gasteiger partial charge in [-0.2, -0.15) is 0 Å². The molecule has 0 radical (unpaired) electrons. The second-order valence-electron chi connectivity index (χ2n) is 9.57. The van der Waals surface area contributed by atoms with Gasteiger partial charge in [-0.25, -0.2) is 4.79 Å². The van der Waals surface area contributed by atoms with Crippen LogP contribution in [0.2, 0.25) is 0 Å². The van der Waals surface area contributed by atoms with E-state index in [1.54, 1.807) is 18.9 Å². The Morgan fingerprint density at radius 3 is 2.41 bits per heavy atom. The average Bonchev–Trinajstić information content (AvgIpc) is 3.07. The van der Waals surface area contributed by atoms with Crippen LogP contribution in [-0.2, 0) is 22.6 Å². The minimum atomic E-state index is -1.01. The zero-order chi connectivity index (χ0) is 24.1. The fraction of sp³-hybridized carbons (Fsp3) is 0.444. The smallest absolute Gasteiger partial charge is 0.325 e. The van der Waals surface area contributed by atoms with E-state index in [0.29, 0.717) is 19.4 Å². The number of piperidine rings is 1. The van der Waals surface area contributed by atoms with E-state index in [4.69, 9.17) is 0 Å². The number of aryl methyl sites for hydroxylation is 1. The minimum absolute atomic E-state index is 0.256. The lowest BCUT2D eigenvalue weighted by Gasteiger charge is -2.31. The molecular weight excluding hydrogens is 428 g/mol. The molecule has 4 rings (SSSR count). The summed E-state index contributed by atoms with van der Waals surface area (Å²) in [6.07, 6.45) is 4.76. The van der Waals surface area contributed by atoms with Crippen molar-refractivity contribution < 1.29 is 14.4 Å². The van der Waals surface area contributed by atoms with Gasteiger partial charge < -0.3 is 15.1 Å². The first kappa shape index (κ1) is 23.8. The molecule has 0 aromatic heterocycles. The van der Waals surface area contributed by atoms with Gasteiger partial charge in [0.05, 0.1) is 0 Å². The van der Waals surface area contributed by atoms with E-state index in [1.165, 1.54) is 19.3 Å². The molecule has 0 bridgehead atoms. The SMILES string of the molecule is CN(Cc1ccccc1N1CCCCC1)C(=O)CN1C(=O)N[C@@](C)(CCc2ccccc2)C1=O. The van der Waals surface area contributed by atoms with Gasteiger partial charge in [0.25, 0.3) is 5.91 Å². The normalized spacial score (nSPS) is 20.4. The molecule has 2 aliphatic heterocycles. The summed E-state index contributed by atoms with van der Waals surface area (Å²) < 4.78 is 0. The van der Waals surface area contributed by atoms with Gasteiger partial charge in [-0.1, -0.05) is 48.5 Å². The number of hydrogen-bond acceptors (Lipinski definition) is 4. The van der Waals surface area contributed by atoms with Crippen molar-refractivity contribution in [2.45, 2.75) is 51.1 Å². The van der Waals surface area contributed by atoms with E-state index in [2.05, 4.69) is 16.3 Å². The van der Waals surface area contributed by atoms with Gasteiger partial charge in [0, 0.05) is 32.4 Å². The first-order valence-corrected chi connectivity index (χ1v) is 12.1. The number of imide groups is 1. The zero-order valence-corrected chi connectivity index (χ0v) is 20.1. The minimum Gasteiger partial charge on any atom is -0.371 e. The van der Waals surface area contributed by atoms with Gasteiger partial charge >= 0.3 is 6.03 Å². The van der Waals surface area contributed by atoms with E-state index in [-0.39, 0.29) is 18.4 Å². The number of likely N-dealkylation sites (N-methyl/N-ethyl adjacent to an activating group) is 1. The predicted molar refractivity (Wildman–Crippen MR) is 132 cm³/mol. The molecule has 0 saturated carbocycles. The first-order valence-electron chi connectivity index (χ1n) is 12.1. The van der Waals surface area contributed by atoms with Crippen molar-refractivity contribution in [1.82, 2.24) is 15.1 Å². The van der Waals surface area contributed by atoms with Crippen molar-refractivity contribution in [3.63, 3.8) is 0 Å². The van der Waals surface area contributed by atoms with Crippen molar-refractivity contribution in [1.29, 1.82) is 0 Å². The Labute approximate surface area is 201 Å². The first-order chi connectivity index (χ1) is 16.4. The topological polar surface area (TPSA) is 73.0 Å². The highest BCUT2D eigenvalue weighted by Gasteiger charge is 2.48. The van der Waals surface area contributed by atoms with Crippen molar-refractivity contribution >= 4 is 23.5 Å². The number of urea groups is 1. The van der Waals surface area contributed by atoms with Crippen LogP contribution in [-0.4, -0.2) is 59.9 Å². The van der Waals surface area contributed by atoms with Crippen LogP contribution >= 0.6 is 0 Å².